The van der Waals surface area contributed by atoms with Gasteiger partial charge in [0.05, 0.1) is 5.57 Å². The second-order valence-electron chi connectivity index (χ2n) is 6.23. The van der Waals surface area contributed by atoms with Gasteiger partial charge in [-0.05, 0) is 40.6 Å². The van der Waals surface area contributed by atoms with Crippen molar-refractivity contribution in [1.29, 1.82) is 0 Å². The van der Waals surface area contributed by atoms with Gasteiger partial charge in [0, 0.05) is 12.2 Å². The number of hydrogen-bond acceptors (Lipinski definition) is 5. The summed E-state index contributed by atoms with van der Waals surface area (Å²) < 4.78 is 14.9. The van der Waals surface area contributed by atoms with Gasteiger partial charge in [-0.25, -0.2) is 4.39 Å². The highest BCUT2D eigenvalue weighted by atomic mass is 19.1. The lowest BCUT2D eigenvalue weighted by atomic mass is 9.95. The molecule has 2 aromatic carbocycles. The fraction of sp³-hybridized carbons (Fsp3) is 0.158. The summed E-state index contributed by atoms with van der Waals surface area (Å²) in [5, 5.41) is 17.6. The molecule has 2 heterocycles. The number of tetrazole rings is 1. The first-order valence-electron chi connectivity index (χ1n) is 8.47. The number of aromatic nitrogens is 4. The summed E-state index contributed by atoms with van der Waals surface area (Å²) in [6, 6.07) is 15.1. The standard InChI is InChI=1S/C19H17FN6O/c1-12-16(18(27)21-11-13-5-3-2-4-6-13)17(14-7-9-15(20)10-8-14)26-19(22-12)23-24-25-26/h2-10,17H,11H2,1H3,(H,21,27)(H,22,23,25)/t17-/m0/s1. The van der Waals surface area contributed by atoms with E-state index in [-0.39, 0.29) is 11.7 Å². The lowest BCUT2D eigenvalue weighted by Crippen LogP contribution is -2.34. The number of allylic oxidation sites excluding steroid dienone is 1. The molecule has 0 spiro atoms. The van der Waals surface area contributed by atoms with Crippen molar-refractivity contribution in [2.75, 3.05) is 5.32 Å². The van der Waals surface area contributed by atoms with Gasteiger partial charge in [-0.15, -0.1) is 0 Å². The van der Waals surface area contributed by atoms with E-state index in [2.05, 4.69) is 26.2 Å². The first-order valence-corrected chi connectivity index (χ1v) is 8.47. The molecule has 7 nitrogen and oxygen atoms in total. The number of halogens is 1. The van der Waals surface area contributed by atoms with Crippen LogP contribution in [-0.2, 0) is 11.3 Å². The van der Waals surface area contributed by atoms with Crippen molar-refractivity contribution in [2.45, 2.75) is 19.5 Å². The number of amides is 1. The largest absolute Gasteiger partial charge is 0.348 e. The zero-order chi connectivity index (χ0) is 18.8. The summed E-state index contributed by atoms with van der Waals surface area (Å²) in [5.41, 5.74) is 2.85. The maximum absolute atomic E-state index is 13.4. The second kappa shape index (κ2) is 6.99. The predicted octanol–water partition coefficient (Wildman–Crippen LogP) is 2.42. The Kier molecular flexibility index (Phi) is 4.37. The summed E-state index contributed by atoms with van der Waals surface area (Å²) in [5.74, 6) is -0.152. The molecule has 1 atom stereocenters. The summed E-state index contributed by atoms with van der Waals surface area (Å²) >= 11 is 0. The molecule has 1 aliphatic heterocycles. The first-order chi connectivity index (χ1) is 13.1. The molecule has 1 aromatic heterocycles. The van der Waals surface area contributed by atoms with Gasteiger partial charge >= 0.3 is 0 Å². The first kappa shape index (κ1) is 16.9. The maximum atomic E-state index is 13.4. The molecule has 0 bridgehead atoms. The molecular weight excluding hydrogens is 347 g/mol. The van der Waals surface area contributed by atoms with Crippen LogP contribution in [0.3, 0.4) is 0 Å². The highest BCUT2D eigenvalue weighted by molar-refractivity contribution is 5.96. The highest BCUT2D eigenvalue weighted by Gasteiger charge is 2.33. The van der Waals surface area contributed by atoms with E-state index < -0.39 is 6.04 Å². The van der Waals surface area contributed by atoms with Gasteiger partial charge in [-0.2, -0.15) is 4.68 Å². The number of anilines is 1. The number of benzene rings is 2. The summed E-state index contributed by atoms with van der Waals surface area (Å²) in [6.07, 6.45) is 0. The third-order valence-electron chi connectivity index (χ3n) is 4.44. The van der Waals surface area contributed by atoms with Crippen molar-refractivity contribution in [1.82, 2.24) is 25.5 Å². The monoisotopic (exact) mass is 364 g/mol. The predicted molar refractivity (Wildman–Crippen MR) is 97.0 cm³/mol. The van der Waals surface area contributed by atoms with E-state index in [9.17, 15) is 9.18 Å². The van der Waals surface area contributed by atoms with E-state index in [0.29, 0.717) is 23.8 Å². The Morgan fingerprint density at radius 2 is 1.93 bits per heavy atom. The number of carbonyl (C=O) groups is 1. The minimum Gasteiger partial charge on any atom is -0.348 e. The molecule has 0 aliphatic carbocycles. The van der Waals surface area contributed by atoms with Crippen LogP contribution < -0.4 is 10.6 Å². The number of nitrogens with one attached hydrogen (secondary N) is 2. The third kappa shape index (κ3) is 3.29. The smallest absolute Gasteiger partial charge is 0.251 e. The molecular formula is C19H17FN6O. The van der Waals surface area contributed by atoms with Crippen molar-refractivity contribution in [3.63, 3.8) is 0 Å². The fourth-order valence-electron chi connectivity index (χ4n) is 3.13. The summed E-state index contributed by atoms with van der Waals surface area (Å²) in [6.45, 7) is 2.20. The normalized spacial score (nSPS) is 15.9. The van der Waals surface area contributed by atoms with Gasteiger partial charge in [0.2, 0.25) is 5.95 Å². The SMILES string of the molecule is CC1=C(C(=O)NCc2ccccc2)[C@H](c2ccc(F)cc2)n2nnnc2N1. The Hall–Kier alpha value is -3.55. The van der Waals surface area contributed by atoms with E-state index in [1.165, 1.54) is 16.8 Å². The summed E-state index contributed by atoms with van der Waals surface area (Å²) in [4.78, 5) is 13.0. The Morgan fingerprint density at radius 3 is 2.67 bits per heavy atom. The zero-order valence-corrected chi connectivity index (χ0v) is 14.6. The quantitative estimate of drug-likeness (QED) is 0.743. The van der Waals surface area contributed by atoms with Crippen molar-refractivity contribution < 1.29 is 9.18 Å². The van der Waals surface area contributed by atoms with Crippen LogP contribution in [0, 0.1) is 5.82 Å². The maximum Gasteiger partial charge on any atom is 0.251 e. The number of hydrogen-bond donors (Lipinski definition) is 2. The molecule has 8 heteroatoms. The Bertz CT molecular complexity index is 997. The topological polar surface area (TPSA) is 84.7 Å². The van der Waals surface area contributed by atoms with Crippen LogP contribution in [-0.4, -0.2) is 26.1 Å². The number of nitrogens with zero attached hydrogens (tertiary/aromatic N) is 4. The molecule has 136 valence electrons. The molecule has 2 N–H and O–H groups in total. The molecule has 0 fully saturated rings. The molecule has 0 radical (unpaired) electrons. The molecule has 0 saturated carbocycles. The Morgan fingerprint density at radius 1 is 1.19 bits per heavy atom. The van der Waals surface area contributed by atoms with Gasteiger partial charge in [-0.1, -0.05) is 47.6 Å². The van der Waals surface area contributed by atoms with Crippen LogP contribution >= 0.6 is 0 Å². The number of rotatable bonds is 4. The van der Waals surface area contributed by atoms with Crippen molar-refractivity contribution in [3.05, 3.63) is 82.8 Å². The second-order valence-corrected chi connectivity index (χ2v) is 6.23. The molecule has 1 aliphatic rings. The van der Waals surface area contributed by atoms with Gasteiger partial charge in [0.15, 0.2) is 0 Å². The van der Waals surface area contributed by atoms with Gasteiger partial charge in [0.25, 0.3) is 5.91 Å². The van der Waals surface area contributed by atoms with E-state index in [0.717, 1.165) is 11.1 Å². The lowest BCUT2D eigenvalue weighted by Gasteiger charge is -2.28. The minimum absolute atomic E-state index is 0.237. The zero-order valence-electron chi connectivity index (χ0n) is 14.6. The van der Waals surface area contributed by atoms with Crippen molar-refractivity contribution >= 4 is 11.9 Å². The molecule has 1 amide bonds. The van der Waals surface area contributed by atoms with Crippen molar-refractivity contribution in [3.8, 4) is 0 Å². The Balaban J connectivity index is 1.67. The lowest BCUT2D eigenvalue weighted by molar-refractivity contribution is -0.118. The number of fused-ring (bicyclic) bond motifs is 1. The van der Waals surface area contributed by atoms with Gasteiger partial charge in [0.1, 0.15) is 11.9 Å². The van der Waals surface area contributed by atoms with E-state index in [1.807, 2.05) is 30.3 Å². The molecule has 0 unspecified atom stereocenters. The van der Waals surface area contributed by atoms with E-state index in [1.54, 1.807) is 19.1 Å². The molecule has 4 rings (SSSR count). The molecule has 0 saturated heterocycles. The van der Waals surface area contributed by atoms with Gasteiger partial charge < -0.3 is 10.6 Å². The van der Waals surface area contributed by atoms with Crippen LogP contribution in [0.5, 0.6) is 0 Å². The average molecular weight is 364 g/mol. The highest BCUT2D eigenvalue weighted by Crippen LogP contribution is 2.34. The minimum atomic E-state index is -0.548. The third-order valence-corrected chi connectivity index (χ3v) is 4.44. The Labute approximate surface area is 154 Å². The van der Waals surface area contributed by atoms with Gasteiger partial charge in [-0.3, -0.25) is 4.79 Å². The molecule has 27 heavy (non-hydrogen) atoms. The van der Waals surface area contributed by atoms with Crippen LogP contribution in [0.4, 0.5) is 10.3 Å². The van der Waals surface area contributed by atoms with Crippen molar-refractivity contribution in [2.24, 2.45) is 0 Å². The average Bonchev–Trinajstić information content (AvgIpc) is 3.14. The van der Waals surface area contributed by atoms with E-state index in [4.69, 9.17) is 0 Å². The van der Waals surface area contributed by atoms with Crippen LogP contribution in [0.2, 0.25) is 0 Å². The van der Waals surface area contributed by atoms with E-state index >= 15 is 0 Å². The summed E-state index contributed by atoms with van der Waals surface area (Å²) in [7, 11) is 0. The fourth-order valence-corrected chi connectivity index (χ4v) is 3.13. The van der Waals surface area contributed by atoms with Crippen LogP contribution in [0.15, 0.2) is 65.9 Å². The number of carbonyl (C=O) groups excluding carboxylic acids is 1. The van der Waals surface area contributed by atoms with Crippen LogP contribution in [0.25, 0.3) is 0 Å². The molecule has 3 aromatic rings. The van der Waals surface area contributed by atoms with Crippen LogP contribution in [0.1, 0.15) is 24.1 Å².